The third-order valence-electron chi connectivity index (χ3n) is 7.88. The normalized spacial score (nSPS) is 30.9. The van der Waals surface area contributed by atoms with Gasteiger partial charge in [-0.3, -0.25) is 0 Å². The van der Waals surface area contributed by atoms with Crippen LogP contribution in [0.1, 0.15) is 56.6 Å². The molecule has 1 saturated carbocycles. The van der Waals surface area contributed by atoms with Gasteiger partial charge in [-0.25, -0.2) is 0 Å². The number of nitrogens with zero attached hydrogens (tertiary/aromatic N) is 2. The smallest absolute Gasteiger partial charge is 0.388 e. The van der Waals surface area contributed by atoms with Crippen molar-refractivity contribution in [3.8, 4) is 0 Å². The molecule has 1 aliphatic carbocycles. The number of hydrogen-bond acceptors (Lipinski definition) is 5. The molecule has 3 aliphatic rings. The molecule has 32 heavy (non-hydrogen) atoms. The Morgan fingerprint density at radius 3 is 2.16 bits per heavy atom. The number of hydrogen-bond donors (Lipinski definition) is 1. The lowest BCUT2D eigenvalue weighted by molar-refractivity contribution is 0.106. The molecule has 1 aromatic carbocycles. The van der Waals surface area contributed by atoms with E-state index in [4.69, 9.17) is 17.0 Å². The number of aliphatic hydroxyl groups excluding tert-OH is 1. The molecule has 8 heteroatoms. The Labute approximate surface area is 204 Å². The van der Waals surface area contributed by atoms with E-state index in [1.54, 1.807) is 14.2 Å². The molecule has 2 radical (unpaired) electrons. The SMILES string of the molecule is [B][P+](C1CCCC1[C@H](O)c1ccccc1Br)(N1CCC[C@H]1COC)N1CCC[C@H]1COC. The monoisotopic (exact) mass is 523 g/mol. The number of benzene rings is 1. The van der Waals surface area contributed by atoms with Crippen molar-refractivity contribution in [2.75, 3.05) is 40.5 Å². The Balaban J connectivity index is 1.71. The maximum atomic E-state index is 11.6. The highest BCUT2D eigenvalue weighted by atomic mass is 79.9. The minimum atomic E-state index is -2.20. The van der Waals surface area contributed by atoms with E-state index in [1.165, 1.54) is 12.8 Å². The van der Waals surface area contributed by atoms with Gasteiger partial charge >= 0.3 is 7.57 Å². The fourth-order valence-corrected chi connectivity index (χ4v) is 11.8. The van der Waals surface area contributed by atoms with Gasteiger partial charge in [-0.2, -0.15) is 9.34 Å². The summed E-state index contributed by atoms with van der Waals surface area (Å²) in [5.74, 6) is 0.166. The average Bonchev–Trinajstić information content (AvgIpc) is 3.55. The number of rotatable bonds is 9. The second-order valence-electron chi connectivity index (χ2n) is 9.66. The Kier molecular flexibility index (Phi) is 8.75. The van der Waals surface area contributed by atoms with Gasteiger partial charge in [0.2, 0.25) is 0 Å². The van der Waals surface area contributed by atoms with Gasteiger partial charge in [-0.1, -0.05) is 34.1 Å². The summed E-state index contributed by atoms with van der Waals surface area (Å²) in [5.41, 5.74) is 1.28. The van der Waals surface area contributed by atoms with Gasteiger partial charge in [0.1, 0.15) is 7.44 Å². The first kappa shape index (κ1) is 25.1. The summed E-state index contributed by atoms with van der Waals surface area (Å²) in [4.78, 5) is 0. The standard InChI is InChI=1S/C24H38BBrN2O3P/c1-30-16-18-8-6-14-27(18)32(25,28-15-7-9-19(28)17-31-2)23-13-5-11-21(23)24(29)20-10-3-4-12-22(20)26/h3-4,10,12,18-19,21,23-24,29H,5-9,11,13-17H2,1-2H3/q+1/t18-,19-,21?,23?,24+/m0/s1. The summed E-state index contributed by atoms with van der Waals surface area (Å²) >= 11 is 3.67. The number of ether oxygens (including phenoxy) is 2. The minimum absolute atomic E-state index is 0.166. The molecule has 1 aromatic rings. The van der Waals surface area contributed by atoms with E-state index >= 15 is 0 Å². The molecule has 0 amide bonds. The van der Waals surface area contributed by atoms with Crippen LogP contribution in [-0.2, 0) is 9.47 Å². The summed E-state index contributed by atoms with van der Waals surface area (Å²) < 4.78 is 17.5. The molecule has 2 heterocycles. The van der Waals surface area contributed by atoms with E-state index < -0.39 is 13.5 Å². The van der Waals surface area contributed by atoms with Crippen molar-refractivity contribution in [2.45, 2.75) is 68.8 Å². The van der Waals surface area contributed by atoms with Crippen molar-refractivity contribution < 1.29 is 14.6 Å². The van der Waals surface area contributed by atoms with Gasteiger partial charge in [0.05, 0.1) is 37.1 Å². The van der Waals surface area contributed by atoms with Crippen LogP contribution in [0.4, 0.5) is 0 Å². The average molecular weight is 524 g/mol. The van der Waals surface area contributed by atoms with Crippen LogP contribution >= 0.6 is 23.4 Å². The largest absolute Gasteiger partial charge is 0.409 e. The Morgan fingerprint density at radius 2 is 1.59 bits per heavy atom. The molecule has 176 valence electrons. The molecule has 5 nitrogen and oxygen atoms in total. The summed E-state index contributed by atoms with van der Waals surface area (Å²) in [7, 11) is 9.13. The molecule has 2 unspecified atom stereocenters. The van der Waals surface area contributed by atoms with Crippen LogP contribution in [0.15, 0.2) is 28.7 Å². The molecule has 3 fully saturated rings. The highest BCUT2D eigenvalue weighted by molar-refractivity contribution is 9.10. The number of aliphatic hydroxyl groups is 1. The van der Waals surface area contributed by atoms with E-state index in [1.807, 2.05) is 24.3 Å². The lowest BCUT2D eigenvalue weighted by Gasteiger charge is -2.48. The zero-order valence-corrected chi connectivity index (χ0v) is 22.0. The van der Waals surface area contributed by atoms with E-state index in [9.17, 15) is 5.11 Å². The lowest BCUT2D eigenvalue weighted by atomic mass is 9.94. The fraction of sp³-hybridized carbons (Fsp3) is 0.750. The summed E-state index contributed by atoms with van der Waals surface area (Å²) in [6.07, 6.45) is 7.34. The summed E-state index contributed by atoms with van der Waals surface area (Å²) in [6.45, 7) is 3.52. The highest BCUT2D eigenvalue weighted by Gasteiger charge is 2.62. The Morgan fingerprint density at radius 1 is 1.00 bits per heavy atom. The first-order valence-corrected chi connectivity index (χ1v) is 14.8. The summed E-state index contributed by atoms with van der Waals surface area (Å²) in [6, 6.07) is 8.83. The zero-order valence-electron chi connectivity index (χ0n) is 19.5. The predicted octanol–water partition coefficient (Wildman–Crippen LogP) is 4.80. The van der Waals surface area contributed by atoms with Crippen LogP contribution in [0.25, 0.3) is 0 Å². The van der Waals surface area contributed by atoms with E-state index in [2.05, 4.69) is 25.3 Å². The Hall–Kier alpha value is -0.00506. The molecule has 0 aromatic heterocycles. The maximum Gasteiger partial charge on any atom is 0.409 e. The van der Waals surface area contributed by atoms with E-state index in [0.29, 0.717) is 17.7 Å². The van der Waals surface area contributed by atoms with Gasteiger partial charge in [0, 0.05) is 37.7 Å². The lowest BCUT2D eigenvalue weighted by Crippen LogP contribution is -2.49. The molecular formula is C24H38BBrN2O3P+. The molecular weight excluding hydrogens is 486 g/mol. The van der Waals surface area contributed by atoms with Crippen molar-refractivity contribution in [1.82, 2.24) is 9.34 Å². The molecule has 2 saturated heterocycles. The third kappa shape index (κ3) is 4.73. The molecule has 0 spiro atoms. The van der Waals surface area contributed by atoms with E-state index in [0.717, 1.165) is 68.4 Å². The first-order chi connectivity index (χ1) is 15.5. The van der Waals surface area contributed by atoms with Crippen LogP contribution in [-0.4, -0.2) is 80.3 Å². The second-order valence-corrected chi connectivity index (χ2v) is 13.6. The van der Waals surface area contributed by atoms with Gasteiger partial charge < -0.3 is 14.6 Å². The molecule has 5 atom stereocenters. The zero-order chi connectivity index (χ0) is 22.7. The van der Waals surface area contributed by atoms with Crippen molar-refractivity contribution in [1.29, 1.82) is 0 Å². The van der Waals surface area contributed by atoms with E-state index in [-0.39, 0.29) is 5.92 Å². The molecule has 4 rings (SSSR count). The molecule has 0 bridgehead atoms. The van der Waals surface area contributed by atoms with Crippen LogP contribution < -0.4 is 0 Å². The third-order valence-corrected chi connectivity index (χ3v) is 12.9. The van der Waals surface area contributed by atoms with Crippen LogP contribution in [0.5, 0.6) is 0 Å². The Bertz CT molecular complexity index is 736. The van der Waals surface area contributed by atoms with Crippen LogP contribution in [0, 0.1) is 5.92 Å². The van der Waals surface area contributed by atoms with Crippen LogP contribution in [0.2, 0.25) is 0 Å². The van der Waals surface area contributed by atoms with Gasteiger partial charge in [-0.15, -0.1) is 0 Å². The quantitative estimate of drug-likeness (QED) is 0.372. The summed E-state index contributed by atoms with van der Waals surface area (Å²) in [5, 5.41) is 11.6. The van der Waals surface area contributed by atoms with Gasteiger partial charge in [-0.05, 0) is 56.6 Å². The highest BCUT2D eigenvalue weighted by Crippen LogP contribution is 2.73. The van der Waals surface area contributed by atoms with Crippen molar-refractivity contribution in [3.05, 3.63) is 34.3 Å². The minimum Gasteiger partial charge on any atom is -0.388 e. The topological polar surface area (TPSA) is 45.2 Å². The second kappa shape index (κ2) is 11.2. The van der Waals surface area contributed by atoms with Crippen molar-refractivity contribution in [2.24, 2.45) is 5.92 Å². The van der Waals surface area contributed by atoms with Crippen molar-refractivity contribution >= 4 is 30.9 Å². The molecule has 2 aliphatic heterocycles. The van der Waals surface area contributed by atoms with Crippen molar-refractivity contribution in [3.63, 3.8) is 0 Å². The van der Waals surface area contributed by atoms with Gasteiger partial charge in [0.15, 0.2) is 0 Å². The van der Waals surface area contributed by atoms with Gasteiger partial charge in [0.25, 0.3) is 0 Å². The predicted molar refractivity (Wildman–Crippen MR) is 136 cm³/mol. The fourth-order valence-electron chi connectivity index (χ4n) is 6.49. The van der Waals surface area contributed by atoms with Crippen LogP contribution in [0.3, 0.4) is 0 Å². The molecule has 1 N–H and O–H groups in total. The number of halogens is 1. The number of methoxy groups -OCH3 is 2. The first-order valence-electron chi connectivity index (χ1n) is 12.1. The maximum absolute atomic E-state index is 11.6.